The minimum atomic E-state index is -4.35. The van der Waals surface area contributed by atoms with E-state index in [9.17, 15) is 14.3 Å². The molecule has 0 spiro atoms. The fourth-order valence-electron chi connectivity index (χ4n) is 1.36. The molecular formula is C13H20NO8P. The van der Waals surface area contributed by atoms with Crippen molar-refractivity contribution in [2.45, 2.75) is 12.7 Å². The van der Waals surface area contributed by atoms with Crippen molar-refractivity contribution in [1.82, 2.24) is 5.32 Å². The minimum Gasteiger partial charge on any atom is -0.445 e. The van der Waals surface area contributed by atoms with Crippen molar-refractivity contribution in [2.24, 2.45) is 0 Å². The third-order valence-corrected chi connectivity index (χ3v) is 3.46. The lowest BCUT2D eigenvalue weighted by Gasteiger charge is -2.14. The first-order valence-corrected chi connectivity index (χ1v) is 8.28. The number of nitrogens with one attached hydrogen (secondary N) is 1. The van der Waals surface area contributed by atoms with Crippen LogP contribution in [-0.4, -0.2) is 53.7 Å². The number of phosphoric acid groups is 1. The third kappa shape index (κ3) is 9.29. The van der Waals surface area contributed by atoms with E-state index in [0.717, 1.165) is 5.56 Å². The van der Waals surface area contributed by atoms with Crippen molar-refractivity contribution < 1.29 is 38.3 Å². The van der Waals surface area contributed by atoms with Crippen LogP contribution >= 0.6 is 7.82 Å². The van der Waals surface area contributed by atoms with Gasteiger partial charge in [-0.05, 0) is 5.56 Å². The molecule has 4 N–H and O–H groups in total. The second kappa shape index (κ2) is 10.3. The van der Waals surface area contributed by atoms with E-state index >= 15 is 0 Å². The molecule has 9 nitrogen and oxygen atoms in total. The van der Waals surface area contributed by atoms with Gasteiger partial charge in [0.2, 0.25) is 0 Å². The Morgan fingerprint density at radius 1 is 1.26 bits per heavy atom. The fourth-order valence-corrected chi connectivity index (χ4v) is 2.12. The number of benzene rings is 1. The van der Waals surface area contributed by atoms with Crippen LogP contribution < -0.4 is 5.32 Å². The smallest absolute Gasteiger partial charge is 0.445 e. The van der Waals surface area contributed by atoms with Gasteiger partial charge in [-0.25, -0.2) is 9.36 Å². The molecular weight excluding hydrogens is 329 g/mol. The maximum Gasteiger partial charge on any atom is 0.472 e. The van der Waals surface area contributed by atoms with E-state index in [2.05, 4.69) is 14.4 Å². The number of carbonyl (C=O) groups is 1. The van der Waals surface area contributed by atoms with Gasteiger partial charge in [-0.2, -0.15) is 0 Å². The van der Waals surface area contributed by atoms with Crippen molar-refractivity contribution in [3.05, 3.63) is 35.9 Å². The Balaban J connectivity index is 2.13. The van der Waals surface area contributed by atoms with Crippen molar-refractivity contribution in [3.8, 4) is 0 Å². The summed E-state index contributed by atoms with van der Waals surface area (Å²) in [6.45, 7) is -1.40. The monoisotopic (exact) mass is 349 g/mol. The molecule has 0 fully saturated rings. The molecule has 2 unspecified atom stereocenters. The topological polar surface area (TPSA) is 135 Å². The molecule has 0 bridgehead atoms. The molecule has 1 aromatic carbocycles. The number of ether oxygens (including phenoxy) is 1. The first kappa shape index (κ1) is 19.6. The standard InChI is InChI=1S/C13H20NO8P/c15-8-12(16)10-22-23(18,19)21-7-6-14-13(17)20-9-11-4-2-1-3-5-11/h1-5,12,15-16H,6-10H2,(H,14,17)(H,18,19). The fraction of sp³-hybridized carbons (Fsp3) is 0.462. The molecule has 0 radical (unpaired) electrons. The summed E-state index contributed by atoms with van der Waals surface area (Å²) in [6, 6.07) is 9.08. The maximum absolute atomic E-state index is 11.4. The van der Waals surface area contributed by atoms with E-state index in [1.165, 1.54) is 0 Å². The number of hydrogen-bond donors (Lipinski definition) is 4. The van der Waals surface area contributed by atoms with Crippen LogP contribution in [0.25, 0.3) is 0 Å². The number of carbonyl (C=O) groups excluding carboxylic acids is 1. The van der Waals surface area contributed by atoms with Gasteiger partial charge in [0, 0.05) is 6.54 Å². The Bertz CT molecular complexity index is 512. The summed E-state index contributed by atoms with van der Waals surface area (Å²) in [5.74, 6) is 0. The van der Waals surface area contributed by atoms with Crippen LogP contribution in [0.1, 0.15) is 5.56 Å². The van der Waals surface area contributed by atoms with E-state index in [4.69, 9.17) is 14.9 Å². The molecule has 1 rings (SSSR count). The summed E-state index contributed by atoms with van der Waals surface area (Å²) in [7, 11) is -4.35. The summed E-state index contributed by atoms with van der Waals surface area (Å²) in [5, 5.41) is 19.9. The Hall–Kier alpha value is -1.48. The van der Waals surface area contributed by atoms with Crippen LogP contribution in [0, 0.1) is 0 Å². The first-order valence-electron chi connectivity index (χ1n) is 6.78. The average Bonchev–Trinajstić information content (AvgIpc) is 2.55. The molecule has 1 amide bonds. The van der Waals surface area contributed by atoms with Gasteiger partial charge in [0.05, 0.1) is 19.8 Å². The molecule has 1 aromatic rings. The van der Waals surface area contributed by atoms with Crippen molar-refractivity contribution in [1.29, 1.82) is 0 Å². The van der Waals surface area contributed by atoms with Crippen molar-refractivity contribution >= 4 is 13.9 Å². The zero-order valence-electron chi connectivity index (χ0n) is 12.3. The van der Waals surface area contributed by atoms with Gasteiger partial charge in [-0.1, -0.05) is 30.3 Å². The number of phosphoric ester groups is 1. The van der Waals surface area contributed by atoms with Gasteiger partial charge >= 0.3 is 13.9 Å². The van der Waals surface area contributed by atoms with Gasteiger partial charge in [-0.3, -0.25) is 9.05 Å². The molecule has 0 aromatic heterocycles. The van der Waals surface area contributed by atoms with Gasteiger partial charge in [0.1, 0.15) is 12.7 Å². The molecule has 10 heteroatoms. The second-order valence-electron chi connectivity index (χ2n) is 4.42. The Morgan fingerprint density at radius 2 is 1.96 bits per heavy atom. The van der Waals surface area contributed by atoms with Crippen LogP contribution in [0.5, 0.6) is 0 Å². The van der Waals surface area contributed by atoms with Gasteiger partial charge in [0.15, 0.2) is 0 Å². The Kier molecular flexibility index (Phi) is 8.78. The quantitative estimate of drug-likeness (QED) is 0.352. The van der Waals surface area contributed by atoms with Crippen LogP contribution in [0.4, 0.5) is 4.79 Å². The zero-order valence-corrected chi connectivity index (χ0v) is 13.2. The van der Waals surface area contributed by atoms with E-state index in [-0.39, 0.29) is 19.8 Å². The molecule has 0 aliphatic carbocycles. The van der Waals surface area contributed by atoms with Crippen LogP contribution in [-0.2, 0) is 25.0 Å². The number of aliphatic hydroxyl groups excluding tert-OH is 2. The van der Waals surface area contributed by atoms with E-state index < -0.39 is 33.2 Å². The molecule has 0 saturated heterocycles. The normalized spacial score (nSPS) is 14.7. The van der Waals surface area contributed by atoms with Crippen LogP contribution in [0.2, 0.25) is 0 Å². The number of alkyl carbamates (subject to hydrolysis) is 1. The Labute approximate surface area is 133 Å². The molecule has 0 aliphatic rings. The minimum absolute atomic E-state index is 0.0654. The van der Waals surface area contributed by atoms with Crippen molar-refractivity contribution in [3.63, 3.8) is 0 Å². The second-order valence-corrected chi connectivity index (χ2v) is 5.88. The SMILES string of the molecule is O=C(NCCOP(=O)(O)OCC(O)CO)OCc1ccccc1. The van der Waals surface area contributed by atoms with Gasteiger partial charge in [-0.15, -0.1) is 0 Å². The molecule has 0 heterocycles. The predicted molar refractivity (Wildman–Crippen MR) is 79.5 cm³/mol. The maximum atomic E-state index is 11.4. The number of aliphatic hydroxyl groups is 2. The number of hydrogen-bond acceptors (Lipinski definition) is 7. The summed E-state index contributed by atoms with van der Waals surface area (Å²) in [4.78, 5) is 20.6. The summed E-state index contributed by atoms with van der Waals surface area (Å²) in [6.07, 6.45) is -1.97. The highest BCUT2D eigenvalue weighted by molar-refractivity contribution is 7.47. The zero-order chi connectivity index (χ0) is 17.1. The van der Waals surface area contributed by atoms with E-state index in [1.807, 2.05) is 18.2 Å². The molecule has 0 saturated carbocycles. The largest absolute Gasteiger partial charge is 0.472 e. The predicted octanol–water partition coefficient (Wildman–Crippen LogP) is 0.400. The highest BCUT2D eigenvalue weighted by Gasteiger charge is 2.22. The van der Waals surface area contributed by atoms with Crippen LogP contribution in [0.3, 0.4) is 0 Å². The lowest BCUT2D eigenvalue weighted by molar-refractivity contribution is 0.0363. The lowest BCUT2D eigenvalue weighted by atomic mass is 10.2. The van der Waals surface area contributed by atoms with Crippen molar-refractivity contribution in [2.75, 3.05) is 26.4 Å². The summed E-state index contributed by atoms with van der Waals surface area (Å²) in [5.41, 5.74) is 0.828. The summed E-state index contributed by atoms with van der Waals surface area (Å²) < 4.78 is 25.3. The number of rotatable bonds is 10. The Morgan fingerprint density at radius 3 is 2.61 bits per heavy atom. The van der Waals surface area contributed by atoms with Gasteiger partial charge < -0.3 is 25.2 Å². The average molecular weight is 349 g/mol. The van der Waals surface area contributed by atoms with E-state index in [0.29, 0.717) is 0 Å². The van der Waals surface area contributed by atoms with Crippen LogP contribution in [0.15, 0.2) is 30.3 Å². The number of amides is 1. The lowest BCUT2D eigenvalue weighted by Crippen LogP contribution is -2.27. The first-order chi connectivity index (χ1) is 10.9. The van der Waals surface area contributed by atoms with Gasteiger partial charge in [0.25, 0.3) is 0 Å². The third-order valence-electron chi connectivity index (χ3n) is 2.48. The molecule has 0 aliphatic heterocycles. The highest BCUT2D eigenvalue weighted by Crippen LogP contribution is 2.42. The highest BCUT2D eigenvalue weighted by atomic mass is 31.2. The van der Waals surface area contributed by atoms with E-state index in [1.54, 1.807) is 12.1 Å². The molecule has 23 heavy (non-hydrogen) atoms. The summed E-state index contributed by atoms with van der Waals surface area (Å²) >= 11 is 0. The molecule has 130 valence electrons. The molecule has 2 atom stereocenters.